The van der Waals surface area contributed by atoms with E-state index >= 15 is 0 Å². The SMILES string of the molecule is Cc1cc(-c2nccn2C)nc(CC2CCN(C(=O)C(C)(C)C)CC2)n1. The standard InChI is InChI=1S/C20H29N5O/c1-14-12-16(18-21-8-11-24(18)5)23-17(22-14)13-15-6-9-25(10-7-15)19(26)20(2,3)4/h8,11-12,15H,6-7,9-10,13H2,1-5H3. The number of aryl methyl sites for hydroxylation is 2. The summed E-state index contributed by atoms with van der Waals surface area (Å²) in [5.74, 6) is 2.51. The highest BCUT2D eigenvalue weighted by atomic mass is 16.2. The van der Waals surface area contributed by atoms with Crippen LogP contribution in [-0.4, -0.2) is 43.4 Å². The van der Waals surface area contributed by atoms with Gasteiger partial charge in [-0.05, 0) is 31.7 Å². The molecule has 6 heteroatoms. The first-order valence-corrected chi connectivity index (χ1v) is 9.35. The lowest BCUT2D eigenvalue weighted by atomic mass is 9.89. The van der Waals surface area contributed by atoms with Crippen molar-refractivity contribution in [2.24, 2.45) is 18.4 Å². The van der Waals surface area contributed by atoms with Gasteiger partial charge in [0.1, 0.15) is 11.5 Å². The number of nitrogens with zero attached hydrogens (tertiary/aromatic N) is 5. The van der Waals surface area contributed by atoms with E-state index in [9.17, 15) is 4.79 Å². The summed E-state index contributed by atoms with van der Waals surface area (Å²) in [5, 5.41) is 0. The molecule has 0 radical (unpaired) electrons. The molecule has 1 saturated heterocycles. The number of rotatable bonds is 3. The van der Waals surface area contributed by atoms with Gasteiger partial charge >= 0.3 is 0 Å². The summed E-state index contributed by atoms with van der Waals surface area (Å²) < 4.78 is 1.97. The van der Waals surface area contributed by atoms with Crippen LogP contribution >= 0.6 is 0 Å². The lowest BCUT2D eigenvalue weighted by Gasteiger charge is -2.35. The second kappa shape index (κ2) is 7.17. The molecule has 1 fully saturated rings. The molecule has 26 heavy (non-hydrogen) atoms. The van der Waals surface area contributed by atoms with Gasteiger partial charge in [-0.25, -0.2) is 15.0 Å². The van der Waals surface area contributed by atoms with Crippen LogP contribution in [0.2, 0.25) is 0 Å². The third-order valence-corrected chi connectivity index (χ3v) is 4.97. The maximum Gasteiger partial charge on any atom is 0.227 e. The van der Waals surface area contributed by atoms with Gasteiger partial charge < -0.3 is 9.47 Å². The van der Waals surface area contributed by atoms with Crippen LogP contribution in [0.3, 0.4) is 0 Å². The fraction of sp³-hybridized carbons (Fsp3) is 0.600. The Labute approximate surface area is 155 Å². The minimum absolute atomic E-state index is 0.250. The maximum atomic E-state index is 12.4. The van der Waals surface area contributed by atoms with E-state index < -0.39 is 0 Å². The molecule has 1 aliphatic heterocycles. The Morgan fingerprint density at radius 2 is 1.92 bits per heavy atom. The minimum Gasteiger partial charge on any atom is -0.342 e. The van der Waals surface area contributed by atoms with E-state index in [0.717, 1.165) is 55.4 Å². The van der Waals surface area contributed by atoms with E-state index in [0.29, 0.717) is 5.92 Å². The van der Waals surface area contributed by atoms with Gasteiger partial charge in [-0.15, -0.1) is 0 Å². The third-order valence-electron chi connectivity index (χ3n) is 4.97. The second-order valence-electron chi connectivity index (χ2n) is 8.36. The molecule has 0 aliphatic carbocycles. The third kappa shape index (κ3) is 4.11. The van der Waals surface area contributed by atoms with Crippen molar-refractivity contribution >= 4 is 5.91 Å². The van der Waals surface area contributed by atoms with Crippen LogP contribution in [0.25, 0.3) is 11.5 Å². The molecule has 6 nitrogen and oxygen atoms in total. The molecule has 0 aromatic carbocycles. The number of carbonyl (C=O) groups excluding carboxylic acids is 1. The summed E-state index contributed by atoms with van der Waals surface area (Å²) in [5.41, 5.74) is 1.54. The van der Waals surface area contributed by atoms with E-state index in [2.05, 4.69) is 9.97 Å². The van der Waals surface area contributed by atoms with Gasteiger partial charge in [0.05, 0.1) is 0 Å². The largest absolute Gasteiger partial charge is 0.342 e. The van der Waals surface area contributed by atoms with Gasteiger partial charge in [-0.2, -0.15) is 0 Å². The van der Waals surface area contributed by atoms with Crippen molar-refractivity contribution < 1.29 is 4.79 Å². The molecule has 0 atom stereocenters. The molecule has 3 rings (SSSR count). The molecule has 0 bridgehead atoms. The van der Waals surface area contributed by atoms with E-state index in [4.69, 9.17) is 4.98 Å². The monoisotopic (exact) mass is 355 g/mol. The average Bonchev–Trinajstić information content (AvgIpc) is 2.99. The molecule has 0 spiro atoms. The van der Waals surface area contributed by atoms with Crippen LogP contribution in [0.1, 0.15) is 45.1 Å². The van der Waals surface area contributed by atoms with Crippen molar-refractivity contribution in [3.05, 3.63) is 30.0 Å². The van der Waals surface area contributed by atoms with Crippen LogP contribution in [0, 0.1) is 18.3 Å². The molecule has 0 unspecified atom stereocenters. The van der Waals surface area contributed by atoms with Crippen LogP contribution in [0.5, 0.6) is 0 Å². The summed E-state index contributed by atoms with van der Waals surface area (Å²) in [7, 11) is 1.97. The topological polar surface area (TPSA) is 63.9 Å². The molecule has 1 aliphatic rings. The number of aromatic nitrogens is 4. The number of carbonyl (C=O) groups is 1. The molecular weight excluding hydrogens is 326 g/mol. The van der Waals surface area contributed by atoms with Crippen LogP contribution in [0.15, 0.2) is 18.5 Å². The smallest absolute Gasteiger partial charge is 0.227 e. The Hall–Kier alpha value is -2.24. The zero-order valence-electron chi connectivity index (χ0n) is 16.5. The first-order valence-electron chi connectivity index (χ1n) is 9.35. The van der Waals surface area contributed by atoms with E-state index in [1.807, 2.05) is 56.5 Å². The first-order chi connectivity index (χ1) is 12.2. The number of likely N-dealkylation sites (tertiary alicyclic amines) is 1. The lowest BCUT2D eigenvalue weighted by molar-refractivity contribution is -0.140. The zero-order chi connectivity index (χ0) is 18.9. The van der Waals surface area contributed by atoms with Crippen molar-refractivity contribution in [3.63, 3.8) is 0 Å². The summed E-state index contributed by atoms with van der Waals surface area (Å²) in [4.78, 5) is 28.2. The lowest BCUT2D eigenvalue weighted by Crippen LogP contribution is -2.44. The molecular formula is C20H29N5O. The molecule has 3 heterocycles. The number of amides is 1. The number of hydrogen-bond acceptors (Lipinski definition) is 4. The number of imidazole rings is 1. The highest BCUT2D eigenvalue weighted by Crippen LogP contribution is 2.25. The van der Waals surface area contributed by atoms with Gasteiger partial charge in [-0.3, -0.25) is 4.79 Å². The Bertz CT molecular complexity index is 782. The molecule has 1 amide bonds. The first kappa shape index (κ1) is 18.5. The average molecular weight is 355 g/mol. The summed E-state index contributed by atoms with van der Waals surface area (Å²) in [6, 6.07) is 1.98. The highest BCUT2D eigenvalue weighted by molar-refractivity contribution is 5.81. The van der Waals surface area contributed by atoms with E-state index in [1.165, 1.54) is 0 Å². The zero-order valence-corrected chi connectivity index (χ0v) is 16.5. The number of piperidine rings is 1. The van der Waals surface area contributed by atoms with Gasteiger partial charge in [0, 0.05) is 50.1 Å². The molecule has 140 valence electrons. The predicted octanol–water partition coefficient (Wildman–Crippen LogP) is 3.01. The number of hydrogen-bond donors (Lipinski definition) is 0. The summed E-state index contributed by atoms with van der Waals surface area (Å²) >= 11 is 0. The Morgan fingerprint density at radius 3 is 2.50 bits per heavy atom. The second-order valence-corrected chi connectivity index (χ2v) is 8.36. The van der Waals surface area contributed by atoms with Gasteiger partial charge in [0.25, 0.3) is 0 Å². The fourth-order valence-corrected chi connectivity index (χ4v) is 3.52. The summed E-state index contributed by atoms with van der Waals surface area (Å²) in [6.07, 6.45) is 6.59. The Kier molecular flexibility index (Phi) is 5.12. The van der Waals surface area contributed by atoms with Crippen molar-refractivity contribution in [3.8, 4) is 11.5 Å². The van der Waals surface area contributed by atoms with Crippen molar-refractivity contribution in [2.75, 3.05) is 13.1 Å². The van der Waals surface area contributed by atoms with E-state index in [1.54, 1.807) is 6.20 Å². The van der Waals surface area contributed by atoms with Crippen molar-refractivity contribution in [1.29, 1.82) is 0 Å². The van der Waals surface area contributed by atoms with Crippen molar-refractivity contribution in [1.82, 2.24) is 24.4 Å². The van der Waals surface area contributed by atoms with Gasteiger partial charge in [0.15, 0.2) is 5.82 Å². The quantitative estimate of drug-likeness (QED) is 0.849. The normalized spacial score (nSPS) is 16.1. The van der Waals surface area contributed by atoms with Crippen molar-refractivity contribution in [2.45, 2.75) is 47.0 Å². The fourth-order valence-electron chi connectivity index (χ4n) is 3.52. The summed E-state index contributed by atoms with van der Waals surface area (Å²) in [6.45, 7) is 9.63. The maximum absolute atomic E-state index is 12.4. The molecule has 2 aromatic heterocycles. The molecule has 0 N–H and O–H groups in total. The van der Waals surface area contributed by atoms with Gasteiger partial charge in [0.2, 0.25) is 5.91 Å². The minimum atomic E-state index is -0.302. The van der Waals surface area contributed by atoms with Crippen LogP contribution < -0.4 is 0 Å². The molecule has 2 aromatic rings. The van der Waals surface area contributed by atoms with Crippen LogP contribution in [-0.2, 0) is 18.3 Å². The Morgan fingerprint density at radius 1 is 1.23 bits per heavy atom. The van der Waals surface area contributed by atoms with Gasteiger partial charge in [-0.1, -0.05) is 20.8 Å². The molecule has 0 saturated carbocycles. The highest BCUT2D eigenvalue weighted by Gasteiger charge is 2.30. The Balaban J connectivity index is 1.67. The van der Waals surface area contributed by atoms with Crippen LogP contribution in [0.4, 0.5) is 0 Å². The van der Waals surface area contributed by atoms with E-state index in [-0.39, 0.29) is 11.3 Å². The predicted molar refractivity (Wildman–Crippen MR) is 101 cm³/mol.